The summed E-state index contributed by atoms with van der Waals surface area (Å²) in [6.07, 6.45) is 3.33. The van der Waals surface area contributed by atoms with Crippen LogP contribution in [-0.4, -0.2) is 29.2 Å². The Kier molecular flexibility index (Phi) is 3.92. The highest BCUT2D eigenvalue weighted by atomic mass is 19.1. The molecule has 1 aliphatic heterocycles. The molecule has 3 rings (SSSR count). The average molecular weight is 304 g/mol. The third kappa shape index (κ3) is 2.73. The molecule has 5 nitrogen and oxygen atoms in total. The molecule has 0 bridgehead atoms. The number of halogens is 1. The van der Waals surface area contributed by atoms with Crippen LogP contribution in [0.15, 0.2) is 24.3 Å². The zero-order chi connectivity index (χ0) is 15.7. The van der Waals surface area contributed by atoms with Crippen molar-refractivity contribution in [3.05, 3.63) is 30.1 Å². The summed E-state index contributed by atoms with van der Waals surface area (Å²) in [6, 6.07) is 5.49. The van der Waals surface area contributed by atoms with E-state index in [0.29, 0.717) is 5.69 Å². The minimum Gasteiger partial charge on any atom is -0.324 e. The maximum absolute atomic E-state index is 13.1. The van der Waals surface area contributed by atoms with E-state index in [0.717, 1.165) is 30.6 Å². The molecular formula is C16H17FN2O3. The third-order valence-electron chi connectivity index (χ3n) is 4.34. The molecule has 3 amide bonds. The first-order chi connectivity index (χ1) is 10.6. The SMILES string of the molecule is O=C(CN1C(=O)[C@H]2CCCC[C@H]2C1=O)Nc1cccc(F)c1. The first-order valence-corrected chi connectivity index (χ1v) is 7.47. The van der Waals surface area contributed by atoms with Gasteiger partial charge in [0.2, 0.25) is 17.7 Å². The van der Waals surface area contributed by atoms with Crippen LogP contribution in [0.5, 0.6) is 0 Å². The number of anilines is 1. The lowest BCUT2D eigenvalue weighted by Crippen LogP contribution is -2.38. The summed E-state index contributed by atoms with van der Waals surface area (Å²) in [5.74, 6) is -1.97. The molecule has 1 aliphatic carbocycles. The fourth-order valence-corrected chi connectivity index (χ4v) is 3.30. The Morgan fingerprint density at radius 2 is 1.82 bits per heavy atom. The van der Waals surface area contributed by atoms with Crippen LogP contribution in [0.4, 0.5) is 10.1 Å². The second-order valence-electron chi connectivity index (χ2n) is 5.82. The molecule has 0 radical (unpaired) electrons. The molecule has 0 aromatic heterocycles. The molecule has 2 atom stereocenters. The van der Waals surface area contributed by atoms with Crippen molar-refractivity contribution in [2.75, 3.05) is 11.9 Å². The predicted octanol–water partition coefficient (Wildman–Crippen LogP) is 1.94. The van der Waals surface area contributed by atoms with E-state index in [1.54, 1.807) is 6.07 Å². The normalized spacial score (nSPS) is 24.3. The summed E-state index contributed by atoms with van der Waals surface area (Å²) in [4.78, 5) is 37.6. The summed E-state index contributed by atoms with van der Waals surface area (Å²) >= 11 is 0. The molecular weight excluding hydrogens is 287 g/mol. The Morgan fingerprint density at radius 3 is 2.41 bits per heavy atom. The van der Waals surface area contributed by atoms with Crippen molar-refractivity contribution in [3.8, 4) is 0 Å². The van der Waals surface area contributed by atoms with E-state index in [9.17, 15) is 18.8 Å². The molecule has 0 unspecified atom stereocenters. The summed E-state index contributed by atoms with van der Waals surface area (Å²) in [7, 11) is 0. The number of carbonyl (C=O) groups is 3. The Morgan fingerprint density at radius 1 is 1.18 bits per heavy atom. The zero-order valence-corrected chi connectivity index (χ0v) is 12.0. The number of benzene rings is 1. The number of carbonyl (C=O) groups excluding carboxylic acids is 3. The van der Waals surface area contributed by atoms with Crippen molar-refractivity contribution in [1.29, 1.82) is 0 Å². The molecule has 22 heavy (non-hydrogen) atoms. The van der Waals surface area contributed by atoms with Crippen molar-refractivity contribution in [1.82, 2.24) is 4.90 Å². The van der Waals surface area contributed by atoms with E-state index in [1.807, 2.05) is 0 Å². The van der Waals surface area contributed by atoms with Gasteiger partial charge >= 0.3 is 0 Å². The van der Waals surface area contributed by atoms with Gasteiger partial charge in [-0.2, -0.15) is 0 Å². The Hall–Kier alpha value is -2.24. The zero-order valence-electron chi connectivity index (χ0n) is 12.0. The number of hydrogen-bond acceptors (Lipinski definition) is 3. The van der Waals surface area contributed by atoms with E-state index in [1.165, 1.54) is 18.2 Å². The molecule has 2 fully saturated rings. The summed E-state index contributed by atoms with van der Waals surface area (Å²) in [6.45, 7) is -0.304. The monoisotopic (exact) mass is 304 g/mol. The highest BCUT2D eigenvalue weighted by Gasteiger charge is 2.48. The molecule has 1 aromatic rings. The van der Waals surface area contributed by atoms with Gasteiger partial charge in [-0.25, -0.2) is 4.39 Å². The third-order valence-corrected chi connectivity index (χ3v) is 4.34. The van der Waals surface area contributed by atoms with Crippen LogP contribution in [0.2, 0.25) is 0 Å². The minimum atomic E-state index is -0.494. The average Bonchev–Trinajstić information content (AvgIpc) is 2.73. The number of likely N-dealkylation sites (tertiary alicyclic amines) is 1. The van der Waals surface area contributed by atoms with Gasteiger partial charge in [0.25, 0.3) is 0 Å². The Labute approximate surface area is 127 Å². The molecule has 2 aliphatic rings. The number of rotatable bonds is 3. The fraction of sp³-hybridized carbons (Fsp3) is 0.438. The lowest BCUT2D eigenvalue weighted by Gasteiger charge is -2.19. The topological polar surface area (TPSA) is 66.5 Å². The maximum atomic E-state index is 13.1. The Balaban J connectivity index is 1.66. The van der Waals surface area contributed by atoms with Crippen LogP contribution in [0.1, 0.15) is 25.7 Å². The molecule has 6 heteroatoms. The summed E-state index contributed by atoms with van der Waals surface area (Å²) in [5, 5.41) is 2.51. The first kappa shape index (κ1) is 14.7. The van der Waals surface area contributed by atoms with Gasteiger partial charge in [-0.3, -0.25) is 19.3 Å². The van der Waals surface area contributed by atoms with Gasteiger partial charge in [-0.1, -0.05) is 18.9 Å². The highest BCUT2D eigenvalue weighted by Crippen LogP contribution is 2.37. The number of fused-ring (bicyclic) bond motifs is 1. The van der Waals surface area contributed by atoms with Crippen molar-refractivity contribution in [2.45, 2.75) is 25.7 Å². The van der Waals surface area contributed by atoms with E-state index >= 15 is 0 Å². The molecule has 116 valence electrons. The number of amides is 3. The van der Waals surface area contributed by atoms with Gasteiger partial charge in [0.15, 0.2) is 0 Å². The number of hydrogen-bond donors (Lipinski definition) is 1. The van der Waals surface area contributed by atoms with Crippen LogP contribution in [0.25, 0.3) is 0 Å². The number of nitrogens with one attached hydrogen (secondary N) is 1. The van der Waals surface area contributed by atoms with Gasteiger partial charge in [0.1, 0.15) is 12.4 Å². The van der Waals surface area contributed by atoms with E-state index in [4.69, 9.17) is 0 Å². The van der Waals surface area contributed by atoms with Crippen molar-refractivity contribution < 1.29 is 18.8 Å². The molecule has 1 heterocycles. The lowest BCUT2D eigenvalue weighted by molar-refractivity contribution is -0.142. The van der Waals surface area contributed by atoms with Crippen LogP contribution in [-0.2, 0) is 14.4 Å². The van der Waals surface area contributed by atoms with Crippen LogP contribution in [0, 0.1) is 17.7 Å². The van der Waals surface area contributed by atoms with Crippen molar-refractivity contribution >= 4 is 23.4 Å². The molecule has 1 aromatic carbocycles. The second-order valence-corrected chi connectivity index (χ2v) is 5.82. The Bertz CT molecular complexity index is 608. The maximum Gasteiger partial charge on any atom is 0.244 e. The van der Waals surface area contributed by atoms with E-state index < -0.39 is 11.7 Å². The van der Waals surface area contributed by atoms with Crippen LogP contribution >= 0.6 is 0 Å². The van der Waals surface area contributed by atoms with Crippen LogP contribution < -0.4 is 5.32 Å². The van der Waals surface area contributed by atoms with Gasteiger partial charge in [0.05, 0.1) is 11.8 Å². The fourth-order valence-electron chi connectivity index (χ4n) is 3.30. The van der Waals surface area contributed by atoms with Gasteiger partial charge in [-0.15, -0.1) is 0 Å². The van der Waals surface area contributed by atoms with Crippen molar-refractivity contribution in [2.24, 2.45) is 11.8 Å². The largest absolute Gasteiger partial charge is 0.324 e. The molecule has 0 spiro atoms. The first-order valence-electron chi connectivity index (χ1n) is 7.47. The molecule has 1 saturated heterocycles. The number of nitrogens with zero attached hydrogens (tertiary/aromatic N) is 1. The standard InChI is InChI=1S/C16H17FN2O3/c17-10-4-3-5-11(8-10)18-14(20)9-19-15(21)12-6-1-2-7-13(12)16(19)22/h3-5,8,12-13H,1-2,6-7,9H2,(H,18,20)/t12-,13+. The minimum absolute atomic E-state index is 0.246. The second kappa shape index (κ2) is 5.87. The smallest absolute Gasteiger partial charge is 0.244 e. The van der Waals surface area contributed by atoms with Gasteiger partial charge in [-0.05, 0) is 31.0 Å². The predicted molar refractivity (Wildman–Crippen MR) is 77.2 cm³/mol. The van der Waals surface area contributed by atoms with Crippen LogP contribution in [0.3, 0.4) is 0 Å². The van der Waals surface area contributed by atoms with E-state index in [2.05, 4.69) is 5.32 Å². The quantitative estimate of drug-likeness (QED) is 0.868. The molecule has 1 N–H and O–H groups in total. The number of imide groups is 1. The van der Waals surface area contributed by atoms with Crippen molar-refractivity contribution in [3.63, 3.8) is 0 Å². The van der Waals surface area contributed by atoms with Gasteiger partial charge in [0, 0.05) is 5.69 Å². The summed E-state index contributed by atoms with van der Waals surface area (Å²) < 4.78 is 13.1. The van der Waals surface area contributed by atoms with E-state index in [-0.39, 0.29) is 30.2 Å². The highest BCUT2D eigenvalue weighted by molar-refractivity contribution is 6.08. The molecule has 1 saturated carbocycles. The lowest BCUT2D eigenvalue weighted by atomic mass is 9.81. The summed E-state index contributed by atoms with van der Waals surface area (Å²) in [5.41, 5.74) is 0.307. The van der Waals surface area contributed by atoms with Gasteiger partial charge < -0.3 is 5.32 Å².